The molecule has 2 aliphatic rings. The van der Waals surface area contributed by atoms with Crippen LogP contribution in [0.2, 0.25) is 0 Å². The zero-order valence-corrected chi connectivity index (χ0v) is 39.6. The summed E-state index contributed by atoms with van der Waals surface area (Å²) in [4.78, 5) is 23.2. The van der Waals surface area contributed by atoms with Crippen molar-refractivity contribution in [3.05, 3.63) is 129 Å². The van der Waals surface area contributed by atoms with E-state index in [1.807, 2.05) is 6.92 Å². The van der Waals surface area contributed by atoms with E-state index in [9.17, 15) is 44.7 Å². The van der Waals surface area contributed by atoms with E-state index in [0.717, 1.165) is 49.7 Å². The summed E-state index contributed by atoms with van der Waals surface area (Å²) in [6.07, 6.45) is -3.34. The fourth-order valence-corrected chi connectivity index (χ4v) is 9.64. The number of rotatable bonds is 18. The zero-order valence-electron chi connectivity index (χ0n) is 39.6. The number of esters is 2. The van der Waals surface area contributed by atoms with Crippen molar-refractivity contribution in [2.75, 3.05) is 27.4 Å². The summed E-state index contributed by atoms with van der Waals surface area (Å²) in [6, 6.07) is 18.7. The first kappa shape index (κ1) is 53.8. The molecule has 0 amide bonds. The van der Waals surface area contributed by atoms with E-state index in [1.165, 1.54) is 50.6 Å². The third kappa shape index (κ3) is 14.9. The number of methoxy groups -OCH3 is 2. The van der Waals surface area contributed by atoms with Gasteiger partial charge in [-0.25, -0.2) is 8.78 Å². The molecule has 6 atom stereocenters. The van der Waals surface area contributed by atoms with E-state index in [-0.39, 0.29) is 91.4 Å². The first-order valence-electron chi connectivity index (χ1n) is 23.4. The number of hydrogen-bond donors (Lipinski definition) is 1. The predicted molar refractivity (Wildman–Crippen MR) is 244 cm³/mol. The van der Waals surface area contributed by atoms with Crippen LogP contribution >= 0.6 is 0 Å². The molecule has 0 aromatic heterocycles. The van der Waals surface area contributed by atoms with E-state index < -0.39 is 47.1 Å². The summed E-state index contributed by atoms with van der Waals surface area (Å²) >= 11 is 0. The minimum atomic E-state index is -4.49. The fraction of sp³-hybridized carbons (Fsp3) is 0.509. The highest BCUT2D eigenvalue weighted by atomic mass is 19.4. The Morgan fingerprint density at radius 3 is 1.59 bits per heavy atom. The van der Waals surface area contributed by atoms with Crippen LogP contribution in [0.4, 0.5) is 35.1 Å². The molecule has 4 aromatic carbocycles. The van der Waals surface area contributed by atoms with E-state index in [0.29, 0.717) is 23.5 Å². The van der Waals surface area contributed by atoms with Gasteiger partial charge in [0.2, 0.25) is 0 Å². The molecule has 2 aliphatic carbocycles. The smallest absolute Gasteiger partial charge is 0.416 e. The van der Waals surface area contributed by atoms with E-state index in [4.69, 9.17) is 18.9 Å². The molecule has 2 saturated carbocycles. The van der Waals surface area contributed by atoms with E-state index in [1.54, 1.807) is 50.2 Å². The third-order valence-electron chi connectivity index (χ3n) is 13.2. The standard InChI is InChI=1S/C27H32F4O3.C26H31F4NO3/c1-4-34-26(32)12-10-19-7-8-22(15-23(19)27(29,30)31)21-6-5-18(14-21)13-17(2)20-9-11-24(28)25(16-20)33-3;1-4-34-25(32)12-9-17-5-6-20(14-22(17)26(28,29)30)19-7-10-21(13-19)31-16(2)18-8-11-23(27)24(15-18)33-3/h7-9,11,15-18,21H,4-6,10,12-14H2,1-3H3;5-6,8,11,14-16,19,21,31H,4,7,9-10,12-13H2,1-3H3/t17-,18+,21+;16-,19-,21-/m01/s1. The molecular formula is C53H63F8NO6. The average Bonchev–Trinajstić information content (AvgIpc) is 3.97. The highest BCUT2D eigenvalue weighted by Gasteiger charge is 2.37. The molecule has 2 fully saturated rings. The number of alkyl halides is 6. The lowest BCUT2D eigenvalue weighted by atomic mass is 9.87. The molecule has 0 unspecified atom stereocenters. The lowest BCUT2D eigenvalue weighted by Crippen LogP contribution is -2.29. The summed E-state index contributed by atoms with van der Waals surface area (Å²) in [7, 11) is 2.85. The topological polar surface area (TPSA) is 83.1 Å². The molecule has 68 heavy (non-hydrogen) atoms. The van der Waals surface area contributed by atoms with Gasteiger partial charge in [0.15, 0.2) is 23.1 Å². The van der Waals surface area contributed by atoms with Crippen molar-refractivity contribution in [2.24, 2.45) is 5.92 Å². The van der Waals surface area contributed by atoms with Crippen molar-refractivity contribution < 1.29 is 63.7 Å². The van der Waals surface area contributed by atoms with Crippen molar-refractivity contribution in [3.8, 4) is 11.5 Å². The van der Waals surface area contributed by atoms with Crippen molar-refractivity contribution in [2.45, 2.75) is 141 Å². The lowest BCUT2D eigenvalue weighted by Gasteiger charge is -2.21. The lowest BCUT2D eigenvalue weighted by molar-refractivity contribution is -0.144. The fourth-order valence-electron chi connectivity index (χ4n) is 9.64. The molecule has 4 aromatic rings. The van der Waals surface area contributed by atoms with Crippen LogP contribution in [0.3, 0.4) is 0 Å². The summed E-state index contributed by atoms with van der Waals surface area (Å²) in [5.74, 6) is -0.773. The van der Waals surface area contributed by atoms with Gasteiger partial charge in [-0.1, -0.05) is 43.3 Å². The van der Waals surface area contributed by atoms with Crippen LogP contribution < -0.4 is 14.8 Å². The normalized spacial score (nSPS) is 19.1. The van der Waals surface area contributed by atoms with Crippen molar-refractivity contribution in [3.63, 3.8) is 0 Å². The second-order valence-corrected chi connectivity index (χ2v) is 17.8. The molecule has 15 heteroatoms. The molecule has 0 saturated heterocycles. The largest absolute Gasteiger partial charge is 0.494 e. The second-order valence-electron chi connectivity index (χ2n) is 17.8. The number of hydrogen-bond acceptors (Lipinski definition) is 7. The Kier molecular flexibility index (Phi) is 19.3. The van der Waals surface area contributed by atoms with Gasteiger partial charge in [0.1, 0.15) is 0 Å². The van der Waals surface area contributed by atoms with Gasteiger partial charge in [-0.15, -0.1) is 0 Å². The maximum atomic E-state index is 13.8. The molecule has 0 heterocycles. The number of benzene rings is 4. The van der Waals surface area contributed by atoms with Crippen LogP contribution in [0.25, 0.3) is 0 Å². The Bertz CT molecular complexity index is 2140. The van der Waals surface area contributed by atoms with Crippen LogP contribution in [-0.4, -0.2) is 45.4 Å². The molecule has 6 rings (SSSR count). The Morgan fingerprint density at radius 2 is 1.10 bits per heavy atom. The van der Waals surface area contributed by atoms with Gasteiger partial charge >= 0.3 is 24.3 Å². The molecular weight excluding hydrogens is 899 g/mol. The maximum absolute atomic E-state index is 13.8. The first-order chi connectivity index (χ1) is 32.2. The van der Waals surface area contributed by atoms with Gasteiger partial charge < -0.3 is 24.3 Å². The molecule has 1 N–H and O–H groups in total. The van der Waals surface area contributed by atoms with E-state index in [2.05, 4.69) is 12.2 Å². The molecule has 0 radical (unpaired) electrons. The van der Waals surface area contributed by atoms with Crippen LogP contribution in [0.5, 0.6) is 11.5 Å². The quantitative estimate of drug-likeness (QED) is 0.0786. The highest BCUT2D eigenvalue weighted by Crippen LogP contribution is 2.45. The molecule has 372 valence electrons. The monoisotopic (exact) mass is 961 g/mol. The maximum Gasteiger partial charge on any atom is 0.416 e. The Balaban J connectivity index is 0.000000254. The van der Waals surface area contributed by atoms with Gasteiger partial charge in [0.25, 0.3) is 0 Å². The Labute approximate surface area is 394 Å². The predicted octanol–water partition coefficient (Wildman–Crippen LogP) is 13.8. The minimum Gasteiger partial charge on any atom is -0.494 e. The summed E-state index contributed by atoms with van der Waals surface area (Å²) in [6.45, 7) is 7.79. The third-order valence-corrected chi connectivity index (χ3v) is 13.2. The summed E-state index contributed by atoms with van der Waals surface area (Å²) < 4.78 is 130. The number of nitrogens with one attached hydrogen (secondary N) is 1. The van der Waals surface area contributed by atoms with Crippen molar-refractivity contribution >= 4 is 11.9 Å². The molecule has 0 bridgehead atoms. The minimum absolute atomic E-state index is 0.000104. The van der Waals surface area contributed by atoms with Gasteiger partial charge in [-0.3, -0.25) is 9.59 Å². The molecule has 7 nitrogen and oxygen atoms in total. The van der Waals surface area contributed by atoms with Gasteiger partial charge in [-0.2, -0.15) is 26.3 Å². The summed E-state index contributed by atoms with van der Waals surface area (Å²) in [5, 5.41) is 3.51. The van der Waals surface area contributed by atoms with Crippen LogP contribution in [0.1, 0.15) is 154 Å². The van der Waals surface area contributed by atoms with Gasteiger partial charge in [-0.05, 0) is 172 Å². The van der Waals surface area contributed by atoms with Gasteiger partial charge in [0.05, 0.1) is 38.6 Å². The number of ether oxygens (including phenoxy) is 4. The van der Waals surface area contributed by atoms with Gasteiger partial charge in [0, 0.05) is 24.9 Å². The summed E-state index contributed by atoms with van der Waals surface area (Å²) in [5.41, 5.74) is 2.12. The first-order valence-corrected chi connectivity index (χ1v) is 23.4. The number of carbonyl (C=O) groups is 2. The number of halogens is 8. The molecule has 0 aliphatic heterocycles. The molecule has 0 spiro atoms. The number of carbonyl (C=O) groups excluding carboxylic acids is 2. The SMILES string of the molecule is CCOC(=O)CCc1ccc([C@@H]2CC[C@@H](N[C@H](C)c3ccc(F)c(OC)c3)C2)cc1C(F)(F)F.CCOC(=O)CCc1ccc([C@@H]2CC[C@H](C[C@H](C)c3ccc(F)c(OC)c3)C2)cc1C(F)(F)F. The zero-order chi connectivity index (χ0) is 49.8. The Morgan fingerprint density at radius 1 is 0.632 bits per heavy atom. The van der Waals surface area contributed by atoms with Crippen LogP contribution in [0, 0.1) is 17.6 Å². The van der Waals surface area contributed by atoms with Crippen LogP contribution in [-0.2, 0) is 44.3 Å². The Hall–Kier alpha value is -5.18. The highest BCUT2D eigenvalue weighted by molar-refractivity contribution is 5.70. The van der Waals surface area contributed by atoms with E-state index >= 15 is 0 Å². The van der Waals surface area contributed by atoms with Crippen molar-refractivity contribution in [1.29, 1.82) is 0 Å². The number of aryl methyl sites for hydroxylation is 2. The second kappa shape index (κ2) is 24.4. The van der Waals surface area contributed by atoms with Crippen molar-refractivity contribution in [1.82, 2.24) is 5.32 Å². The average molecular weight is 962 g/mol. The van der Waals surface area contributed by atoms with Crippen LogP contribution in [0.15, 0.2) is 72.8 Å².